The van der Waals surface area contributed by atoms with Crippen molar-refractivity contribution in [1.82, 2.24) is 20.1 Å². The van der Waals surface area contributed by atoms with Crippen LogP contribution in [0.5, 0.6) is 0 Å². The second-order valence-corrected chi connectivity index (χ2v) is 6.10. The number of nitrogens with one attached hydrogen (secondary N) is 3. The lowest BCUT2D eigenvalue weighted by molar-refractivity contribution is 0.102. The Hall–Kier alpha value is -3.68. The number of nitrogens with zero attached hydrogens (tertiary/aromatic N) is 3. The zero-order chi connectivity index (χ0) is 18.6. The number of hydrogen-bond acceptors (Lipinski definition) is 6. The van der Waals surface area contributed by atoms with Crippen LogP contribution in [0, 0.1) is 6.92 Å². The molecule has 8 nitrogen and oxygen atoms in total. The van der Waals surface area contributed by atoms with Gasteiger partial charge in [-0.3, -0.25) is 4.79 Å². The van der Waals surface area contributed by atoms with Crippen molar-refractivity contribution >= 4 is 28.4 Å². The number of benzene rings is 1. The molecule has 0 atom stereocenters. The van der Waals surface area contributed by atoms with Gasteiger partial charge in [0.25, 0.3) is 5.91 Å². The van der Waals surface area contributed by atoms with Gasteiger partial charge in [-0.25, -0.2) is 9.97 Å². The van der Waals surface area contributed by atoms with Gasteiger partial charge >= 0.3 is 0 Å². The van der Waals surface area contributed by atoms with Crippen molar-refractivity contribution in [3.05, 3.63) is 65.9 Å². The van der Waals surface area contributed by atoms with Gasteiger partial charge in [0, 0.05) is 35.8 Å². The van der Waals surface area contributed by atoms with Crippen LogP contribution >= 0.6 is 0 Å². The van der Waals surface area contributed by atoms with Gasteiger partial charge in [0.05, 0.1) is 0 Å². The number of carbonyl (C=O) groups excluding carboxylic acids is 1. The third-order valence-corrected chi connectivity index (χ3v) is 4.14. The highest BCUT2D eigenvalue weighted by molar-refractivity contribution is 6.02. The van der Waals surface area contributed by atoms with Crippen LogP contribution in [0.15, 0.2) is 53.4 Å². The van der Waals surface area contributed by atoms with Crippen LogP contribution in [-0.4, -0.2) is 32.6 Å². The smallest absolute Gasteiger partial charge is 0.275 e. The normalized spacial score (nSPS) is 10.9. The van der Waals surface area contributed by atoms with Crippen LogP contribution < -0.4 is 10.6 Å². The molecule has 0 aliphatic rings. The van der Waals surface area contributed by atoms with Crippen molar-refractivity contribution < 1.29 is 9.32 Å². The lowest BCUT2D eigenvalue weighted by atomic mass is 10.1. The maximum Gasteiger partial charge on any atom is 0.275 e. The van der Waals surface area contributed by atoms with E-state index in [4.69, 9.17) is 4.52 Å². The molecule has 1 amide bonds. The highest BCUT2D eigenvalue weighted by atomic mass is 16.5. The number of aromatic amines is 1. The summed E-state index contributed by atoms with van der Waals surface area (Å²) in [6.07, 6.45) is 4.20. The highest BCUT2D eigenvalue weighted by Crippen LogP contribution is 2.18. The number of carbonyl (C=O) groups is 1. The van der Waals surface area contributed by atoms with Gasteiger partial charge in [0.15, 0.2) is 5.82 Å². The van der Waals surface area contributed by atoms with Crippen molar-refractivity contribution in [3.63, 3.8) is 0 Å². The van der Waals surface area contributed by atoms with Crippen LogP contribution in [0.25, 0.3) is 10.9 Å². The summed E-state index contributed by atoms with van der Waals surface area (Å²) in [5.74, 6) is 1.19. The molecule has 27 heavy (non-hydrogen) atoms. The van der Waals surface area contributed by atoms with Crippen molar-refractivity contribution in [2.75, 3.05) is 17.2 Å². The Kier molecular flexibility index (Phi) is 4.52. The van der Waals surface area contributed by atoms with Crippen molar-refractivity contribution in [2.45, 2.75) is 13.3 Å². The standard InChI is InChI=1S/C19H18N6O2/c1-12-8-18(25-27-12)24-19(26)16-9-17(23-11-22-16)20-7-6-13-10-21-15-5-3-2-4-14(13)15/h2-5,8-11,21H,6-7H2,1H3,(H,20,22,23)(H,24,25,26). The van der Waals surface area contributed by atoms with E-state index in [2.05, 4.69) is 42.9 Å². The first-order valence-electron chi connectivity index (χ1n) is 8.54. The lowest BCUT2D eigenvalue weighted by Gasteiger charge is -2.06. The van der Waals surface area contributed by atoms with Crippen LogP contribution in [-0.2, 0) is 6.42 Å². The molecule has 3 N–H and O–H groups in total. The zero-order valence-corrected chi connectivity index (χ0v) is 14.7. The van der Waals surface area contributed by atoms with E-state index in [9.17, 15) is 4.79 Å². The van der Waals surface area contributed by atoms with Crippen molar-refractivity contribution in [3.8, 4) is 0 Å². The van der Waals surface area contributed by atoms with Crippen molar-refractivity contribution in [1.29, 1.82) is 0 Å². The van der Waals surface area contributed by atoms with E-state index in [0.29, 0.717) is 23.9 Å². The molecule has 0 fully saturated rings. The number of fused-ring (bicyclic) bond motifs is 1. The predicted octanol–water partition coefficient (Wildman–Crippen LogP) is 3.16. The van der Waals surface area contributed by atoms with Gasteiger partial charge in [0.1, 0.15) is 23.6 Å². The van der Waals surface area contributed by atoms with E-state index in [0.717, 1.165) is 11.9 Å². The number of rotatable bonds is 6. The number of aromatic nitrogens is 4. The monoisotopic (exact) mass is 362 g/mol. The minimum absolute atomic E-state index is 0.250. The first-order valence-corrected chi connectivity index (χ1v) is 8.54. The first kappa shape index (κ1) is 16.8. The fourth-order valence-electron chi connectivity index (χ4n) is 2.85. The van der Waals surface area contributed by atoms with E-state index in [1.165, 1.54) is 17.3 Å². The minimum Gasteiger partial charge on any atom is -0.370 e. The second-order valence-electron chi connectivity index (χ2n) is 6.10. The minimum atomic E-state index is -0.370. The summed E-state index contributed by atoms with van der Waals surface area (Å²) in [4.78, 5) is 23.7. The molecule has 0 saturated carbocycles. The molecule has 1 aromatic carbocycles. The van der Waals surface area contributed by atoms with Gasteiger partial charge in [-0.05, 0) is 25.0 Å². The van der Waals surface area contributed by atoms with E-state index >= 15 is 0 Å². The molecule has 0 aliphatic carbocycles. The van der Waals surface area contributed by atoms with Crippen LogP contribution in [0.4, 0.5) is 11.6 Å². The Bertz CT molecular complexity index is 1080. The van der Waals surface area contributed by atoms with Gasteiger partial charge in [-0.15, -0.1) is 0 Å². The van der Waals surface area contributed by atoms with Crippen LogP contribution in [0.2, 0.25) is 0 Å². The molecule has 0 spiro atoms. The molecule has 4 aromatic rings. The van der Waals surface area contributed by atoms with Gasteiger partial charge < -0.3 is 20.1 Å². The molecule has 8 heteroatoms. The molecular weight excluding hydrogens is 344 g/mol. The number of aryl methyl sites for hydroxylation is 1. The van der Waals surface area contributed by atoms with Crippen molar-refractivity contribution in [2.24, 2.45) is 0 Å². The summed E-state index contributed by atoms with van der Waals surface area (Å²) in [6.45, 7) is 2.44. The fourth-order valence-corrected chi connectivity index (χ4v) is 2.85. The molecule has 0 bridgehead atoms. The first-order chi connectivity index (χ1) is 13.2. The average molecular weight is 362 g/mol. The molecule has 3 heterocycles. The summed E-state index contributed by atoms with van der Waals surface area (Å²) >= 11 is 0. The maximum atomic E-state index is 12.3. The molecule has 0 aliphatic heterocycles. The molecular formula is C19H18N6O2. The highest BCUT2D eigenvalue weighted by Gasteiger charge is 2.11. The molecule has 3 aromatic heterocycles. The molecule has 0 radical (unpaired) electrons. The van der Waals surface area contributed by atoms with E-state index in [1.54, 1.807) is 19.1 Å². The van der Waals surface area contributed by atoms with E-state index in [-0.39, 0.29) is 11.6 Å². The SMILES string of the molecule is Cc1cc(NC(=O)c2cc(NCCc3c[nH]c4ccccc34)ncn2)no1. The van der Waals surface area contributed by atoms with E-state index < -0.39 is 0 Å². The topological polar surface area (TPSA) is 109 Å². The fraction of sp³-hybridized carbons (Fsp3) is 0.158. The molecule has 4 rings (SSSR count). The largest absolute Gasteiger partial charge is 0.370 e. The average Bonchev–Trinajstić information content (AvgIpc) is 3.28. The summed E-state index contributed by atoms with van der Waals surface area (Å²) in [6, 6.07) is 11.4. The number of hydrogen-bond donors (Lipinski definition) is 3. The van der Waals surface area contributed by atoms with Gasteiger partial charge in [0.2, 0.25) is 0 Å². The molecule has 0 unspecified atom stereocenters. The Morgan fingerprint density at radius 1 is 1.19 bits per heavy atom. The number of para-hydroxylation sites is 1. The van der Waals surface area contributed by atoms with E-state index in [1.807, 2.05) is 18.3 Å². The van der Waals surface area contributed by atoms with Gasteiger partial charge in [-0.1, -0.05) is 23.4 Å². The Morgan fingerprint density at radius 3 is 2.93 bits per heavy atom. The Labute approximate surface area is 155 Å². The lowest BCUT2D eigenvalue weighted by Crippen LogP contribution is -2.15. The quantitative estimate of drug-likeness (QED) is 0.486. The number of amides is 1. The molecule has 136 valence electrons. The van der Waals surface area contributed by atoms with Gasteiger partial charge in [-0.2, -0.15) is 0 Å². The Balaban J connectivity index is 1.38. The number of anilines is 2. The summed E-state index contributed by atoms with van der Waals surface area (Å²) in [7, 11) is 0. The third-order valence-electron chi connectivity index (χ3n) is 4.14. The maximum absolute atomic E-state index is 12.3. The van der Waals surface area contributed by atoms with Crippen LogP contribution in [0.3, 0.4) is 0 Å². The third kappa shape index (κ3) is 3.79. The summed E-state index contributed by atoms with van der Waals surface area (Å²) in [5, 5.41) is 10.8. The second kappa shape index (κ2) is 7.28. The number of H-pyrrole nitrogens is 1. The van der Waals surface area contributed by atoms with Crippen LogP contribution in [0.1, 0.15) is 21.8 Å². The molecule has 0 saturated heterocycles. The predicted molar refractivity (Wildman–Crippen MR) is 102 cm³/mol. The summed E-state index contributed by atoms with van der Waals surface area (Å²) < 4.78 is 4.93. The zero-order valence-electron chi connectivity index (χ0n) is 14.7. The Morgan fingerprint density at radius 2 is 2.07 bits per heavy atom. The summed E-state index contributed by atoms with van der Waals surface area (Å²) in [5.41, 5.74) is 2.60.